The number of benzene rings is 3. The Hall–Kier alpha value is -2.69. The Labute approximate surface area is 186 Å². The maximum absolute atomic E-state index is 6.23. The standard InChI is InChI=1S/C24H22Cl2N2O2/c1-2-17-7-10-19(11-8-17)29-14-13-28-22-6-4-3-5-21(22)27-24(28)16-30-23-12-9-18(25)15-20(23)26/h3-12,15H,2,13-14,16H2,1H3. The summed E-state index contributed by atoms with van der Waals surface area (Å²) in [5.74, 6) is 2.25. The number of ether oxygens (including phenoxy) is 2. The zero-order valence-corrected chi connectivity index (χ0v) is 18.2. The lowest BCUT2D eigenvalue weighted by molar-refractivity contribution is 0.272. The van der Waals surface area contributed by atoms with Gasteiger partial charge in [-0.3, -0.25) is 0 Å². The summed E-state index contributed by atoms with van der Waals surface area (Å²) in [6, 6.07) is 21.4. The van der Waals surface area contributed by atoms with Gasteiger partial charge in [0.1, 0.15) is 30.5 Å². The van der Waals surface area contributed by atoms with Crippen molar-refractivity contribution in [1.29, 1.82) is 0 Å². The molecular formula is C24H22Cl2N2O2. The summed E-state index contributed by atoms with van der Waals surface area (Å²) >= 11 is 12.2. The van der Waals surface area contributed by atoms with Crippen LogP contribution in [0.2, 0.25) is 10.0 Å². The highest BCUT2D eigenvalue weighted by atomic mass is 35.5. The van der Waals surface area contributed by atoms with E-state index >= 15 is 0 Å². The molecule has 0 radical (unpaired) electrons. The molecule has 0 saturated carbocycles. The van der Waals surface area contributed by atoms with E-state index in [0.29, 0.717) is 35.6 Å². The number of rotatable bonds is 8. The molecule has 0 spiro atoms. The van der Waals surface area contributed by atoms with Crippen LogP contribution in [-0.4, -0.2) is 16.2 Å². The molecule has 0 fully saturated rings. The zero-order chi connectivity index (χ0) is 20.9. The lowest BCUT2D eigenvalue weighted by atomic mass is 10.2. The van der Waals surface area contributed by atoms with Crippen molar-refractivity contribution < 1.29 is 9.47 Å². The van der Waals surface area contributed by atoms with Crippen LogP contribution in [0.15, 0.2) is 66.7 Å². The summed E-state index contributed by atoms with van der Waals surface area (Å²) in [4.78, 5) is 4.74. The largest absolute Gasteiger partial charge is 0.492 e. The number of hydrogen-bond donors (Lipinski definition) is 0. The van der Waals surface area contributed by atoms with Gasteiger partial charge in [0.15, 0.2) is 0 Å². The minimum atomic E-state index is 0.293. The molecule has 0 bridgehead atoms. The van der Waals surface area contributed by atoms with Gasteiger partial charge < -0.3 is 14.0 Å². The van der Waals surface area contributed by atoms with Gasteiger partial charge in [0.05, 0.1) is 22.6 Å². The molecule has 0 N–H and O–H groups in total. The lowest BCUT2D eigenvalue weighted by Gasteiger charge is -2.12. The predicted molar refractivity (Wildman–Crippen MR) is 122 cm³/mol. The summed E-state index contributed by atoms with van der Waals surface area (Å²) in [6.45, 7) is 3.62. The number of fused-ring (bicyclic) bond motifs is 1. The highest BCUT2D eigenvalue weighted by molar-refractivity contribution is 6.35. The van der Waals surface area contributed by atoms with E-state index in [2.05, 4.69) is 29.7 Å². The van der Waals surface area contributed by atoms with Crippen molar-refractivity contribution in [3.8, 4) is 11.5 Å². The minimum absolute atomic E-state index is 0.293. The van der Waals surface area contributed by atoms with Crippen LogP contribution < -0.4 is 9.47 Å². The molecule has 4 rings (SSSR count). The van der Waals surface area contributed by atoms with Crippen LogP contribution in [0.5, 0.6) is 11.5 Å². The second kappa shape index (κ2) is 9.41. The van der Waals surface area contributed by atoms with Crippen LogP contribution in [0, 0.1) is 0 Å². The van der Waals surface area contributed by atoms with Gasteiger partial charge >= 0.3 is 0 Å². The van der Waals surface area contributed by atoms with Gasteiger partial charge in [0.25, 0.3) is 0 Å². The second-order valence-electron chi connectivity index (χ2n) is 6.88. The van der Waals surface area contributed by atoms with Gasteiger partial charge in [-0.15, -0.1) is 0 Å². The second-order valence-corrected chi connectivity index (χ2v) is 7.72. The fourth-order valence-corrected chi connectivity index (χ4v) is 3.76. The maximum Gasteiger partial charge on any atom is 0.148 e. The van der Waals surface area contributed by atoms with Crippen molar-refractivity contribution in [2.24, 2.45) is 0 Å². The Morgan fingerprint density at radius 2 is 1.73 bits per heavy atom. The normalized spacial score (nSPS) is 11.0. The monoisotopic (exact) mass is 440 g/mol. The Kier molecular flexibility index (Phi) is 6.46. The third-order valence-electron chi connectivity index (χ3n) is 4.90. The number of aromatic nitrogens is 2. The zero-order valence-electron chi connectivity index (χ0n) is 16.6. The molecule has 4 aromatic rings. The van der Waals surface area contributed by atoms with Gasteiger partial charge in [-0.1, -0.05) is 54.4 Å². The number of imidazole rings is 1. The van der Waals surface area contributed by atoms with E-state index in [1.807, 2.05) is 30.3 Å². The van der Waals surface area contributed by atoms with Gasteiger partial charge in [-0.05, 0) is 54.4 Å². The van der Waals surface area contributed by atoms with Crippen LogP contribution in [-0.2, 0) is 19.6 Å². The molecule has 0 amide bonds. The molecule has 0 saturated heterocycles. The first-order valence-electron chi connectivity index (χ1n) is 9.88. The fourth-order valence-electron chi connectivity index (χ4n) is 3.30. The summed E-state index contributed by atoms with van der Waals surface area (Å²) in [7, 11) is 0. The van der Waals surface area contributed by atoms with Crippen molar-refractivity contribution in [3.63, 3.8) is 0 Å². The van der Waals surface area contributed by atoms with Crippen molar-refractivity contribution in [2.45, 2.75) is 26.5 Å². The lowest BCUT2D eigenvalue weighted by Crippen LogP contribution is -2.13. The molecule has 30 heavy (non-hydrogen) atoms. The van der Waals surface area contributed by atoms with Crippen molar-refractivity contribution in [1.82, 2.24) is 9.55 Å². The Morgan fingerprint density at radius 3 is 2.50 bits per heavy atom. The Balaban J connectivity index is 1.49. The molecule has 6 heteroatoms. The van der Waals surface area contributed by atoms with Crippen LogP contribution in [0.1, 0.15) is 18.3 Å². The van der Waals surface area contributed by atoms with E-state index in [-0.39, 0.29) is 0 Å². The molecule has 1 aromatic heterocycles. The van der Waals surface area contributed by atoms with E-state index < -0.39 is 0 Å². The van der Waals surface area contributed by atoms with E-state index in [0.717, 1.165) is 29.0 Å². The van der Waals surface area contributed by atoms with E-state index in [4.69, 9.17) is 37.7 Å². The number of hydrogen-bond acceptors (Lipinski definition) is 3. The summed E-state index contributed by atoms with van der Waals surface area (Å²) in [5.41, 5.74) is 3.26. The molecule has 1 heterocycles. The Morgan fingerprint density at radius 1 is 0.933 bits per heavy atom. The predicted octanol–water partition coefficient (Wildman–Crippen LogP) is 6.56. The first-order valence-corrected chi connectivity index (χ1v) is 10.6. The summed E-state index contributed by atoms with van der Waals surface area (Å²) in [5, 5.41) is 1.05. The van der Waals surface area contributed by atoms with E-state index in [9.17, 15) is 0 Å². The van der Waals surface area contributed by atoms with Crippen molar-refractivity contribution in [2.75, 3.05) is 6.61 Å². The molecule has 0 aliphatic heterocycles. The molecule has 4 nitrogen and oxygen atoms in total. The molecule has 0 aliphatic carbocycles. The molecule has 0 aliphatic rings. The molecule has 0 atom stereocenters. The minimum Gasteiger partial charge on any atom is -0.492 e. The van der Waals surface area contributed by atoms with Gasteiger partial charge in [0.2, 0.25) is 0 Å². The fraction of sp³-hybridized carbons (Fsp3) is 0.208. The maximum atomic E-state index is 6.23. The average molecular weight is 441 g/mol. The van der Waals surface area contributed by atoms with Crippen molar-refractivity contribution in [3.05, 3.63) is 88.2 Å². The highest BCUT2D eigenvalue weighted by Gasteiger charge is 2.12. The first kappa shape index (κ1) is 20.6. The SMILES string of the molecule is CCc1ccc(OCCn2c(COc3ccc(Cl)cc3Cl)nc3ccccc32)cc1. The van der Waals surface area contributed by atoms with Gasteiger partial charge in [-0.25, -0.2) is 4.98 Å². The molecule has 154 valence electrons. The number of aryl methyl sites for hydroxylation is 1. The third kappa shape index (κ3) is 4.72. The van der Waals surface area contributed by atoms with Gasteiger partial charge in [-0.2, -0.15) is 0 Å². The molecule has 0 unspecified atom stereocenters. The number of nitrogens with zero attached hydrogens (tertiary/aromatic N) is 2. The topological polar surface area (TPSA) is 36.3 Å². The van der Waals surface area contributed by atoms with E-state index in [1.165, 1.54) is 5.56 Å². The highest BCUT2D eigenvalue weighted by Crippen LogP contribution is 2.28. The third-order valence-corrected chi connectivity index (χ3v) is 5.43. The van der Waals surface area contributed by atoms with Crippen LogP contribution >= 0.6 is 23.2 Å². The smallest absolute Gasteiger partial charge is 0.148 e. The molecule has 3 aromatic carbocycles. The van der Waals surface area contributed by atoms with E-state index in [1.54, 1.807) is 18.2 Å². The van der Waals surface area contributed by atoms with Crippen LogP contribution in [0.3, 0.4) is 0 Å². The summed E-state index contributed by atoms with van der Waals surface area (Å²) in [6.07, 6.45) is 1.02. The first-order chi connectivity index (χ1) is 14.6. The van der Waals surface area contributed by atoms with Crippen LogP contribution in [0.25, 0.3) is 11.0 Å². The summed E-state index contributed by atoms with van der Waals surface area (Å²) < 4.78 is 14.0. The average Bonchev–Trinajstić information content (AvgIpc) is 3.11. The quantitative estimate of drug-likeness (QED) is 0.311. The Bertz CT molecular complexity index is 1140. The van der Waals surface area contributed by atoms with Crippen LogP contribution in [0.4, 0.5) is 0 Å². The molecular weight excluding hydrogens is 419 g/mol. The number of halogens is 2. The van der Waals surface area contributed by atoms with Gasteiger partial charge in [0, 0.05) is 5.02 Å². The number of para-hydroxylation sites is 2. The van der Waals surface area contributed by atoms with Crippen molar-refractivity contribution >= 4 is 34.2 Å².